The van der Waals surface area contributed by atoms with Crippen molar-refractivity contribution in [1.29, 1.82) is 0 Å². The van der Waals surface area contributed by atoms with Crippen LogP contribution in [0.25, 0.3) is 71.8 Å². The van der Waals surface area contributed by atoms with Gasteiger partial charge in [-0.15, -0.1) is 0 Å². The summed E-state index contributed by atoms with van der Waals surface area (Å²) in [6, 6.07) is 47.2. The Hall–Kier alpha value is -5.15. The van der Waals surface area contributed by atoms with Crippen molar-refractivity contribution in [3.8, 4) is 28.2 Å². The highest BCUT2D eigenvalue weighted by Gasteiger charge is 2.14. The van der Waals surface area contributed by atoms with Gasteiger partial charge in [0.25, 0.3) is 0 Å². The molecular formula is C35H23N3. The van der Waals surface area contributed by atoms with Crippen molar-refractivity contribution in [2.45, 2.75) is 0 Å². The minimum atomic E-state index is 0.946. The smallest absolute Gasteiger partial charge is 0.145 e. The topological polar surface area (TPSA) is 33.6 Å². The molecule has 2 heterocycles. The maximum absolute atomic E-state index is 5.01. The van der Waals surface area contributed by atoms with E-state index in [2.05, 4.69) is 131 Å². The van der Waals surface area contributed by atoms with Crippen LogP contribution in [-0.4, -0.2) is 14.5 Å². The van der Waals surface area contributed by atoms with Crippen LogP contribution in [0.5, 0.6) is 0 Å². The molecule has 0 atom stereocenters. The van der Waals surface area contributed by atoms with Crippen molar-refractivity contribution in [1.82, 2.24) is 14.5 Å². The van der Waals surface area contributed by atoms with E-state index in [1.54, 1.807) is 0 Å². The molecule has 2 aromatic heterocycles. The summed E-state index contributed by atoms with van der Waals surface area (Å²) in [6.07, 6.45) is 0. The average Bonchev–Trinajstić information content (AvgIpc) is 3.56. The molecule has 0 spiro atoms. The third kappa shape index (κ3) is 3.19. The highest BCUT2D eigenvalue weighted by atomic mass is 15.1. The highest BCUT2D eigenvalue weighted by molar-refractivity contribution is 6.17. The Morgan fingerprint density at radius 2 is 1.24 bits per heavy atom. The number of H-pyrrole nitrogens is 1. The lowest BCUT2D eigenvalue weighted by Gasteiger charge is -2.10. The fourth-order valence-corrected chi connectivity index (χ4v) is 5.70. The molecule has 0 aliphatic rings. The molecule has 38 heavy (non-hydrogen) atoms. The van der Waals surface area contributed by atoms with Gasteiger partial charge in [-0.25, -0.2) is 4.98 Å². The quantitative estimate of drug-likeness (QED) is 0.266. The van der Waals surface area contributed by atoms with Crippen LogP contribution in [0.15, 0.2) is 133 Å². The number of aromatic amines is 1. The summed E-state index contributed by atoms with van der Waals surface area (Å²) in [5, 5.41) is 5.03. The van der Waals surface area contributed by atoms with Gasteiger partial charge < -0.3 is 4.98 Å². The van der Waals surface area contributed by atoms with Gasteiger partial charge in [0.05, 0.1) is 16.6 Å². The Balaban J connectivity index is 1.23. The summed E-state index contributed by atoms with van der Waals surface area (Å²) in [6.45, 7) is 0. The Morgan fingerprint density at radius 1 is 0.526 bits per heavy atom. The fraction of sp³-hybridized carbons (Fsp3) is 0. The Kier molecular flexibility index (Phi) is 4.52. The van der Waals surface area contributed by atoms with Crippen LogP contribution in [-0.2, 0) is 0 Å². The van der Waals surface area contributed by atoms with E-state index in [1.807, 2.05) is 12.1 Å². The van der Waals surface area contributed by atoms with E-state index in [0.29, 0.717) is 0 Å². The number of fused-ring (bicyclic) bond motifs is 6. The predicted molar refractivity (Wildman–Crippen MR) is 159 cm³/mol. The minimum Gasteiger partial charge on any atom is -0.354 e. The van der Waals surface area contributed by atoms with Crippen molar-refractivity contribution in [2.75, 3.05) is 0 Å². The monoisotopic (exact) mass is 485 g/mol. The molecule has 8 rings (SSSR count). The van der Waals surface area contributed by atoms with Crippen LogP contribution >= 0.6 is 0 Å². The largest absolute Gasteiger partial charge is 0.354 e. The van der Waals surface area contributed by atoms with Crippen LogP contribution in [0.1, 0.15) is 0 Å². The third-order valence-corrected chi connectivity index (χ3v) is 7.55. The molecule has 0 bridgehead atoms. The van der Waals surface area contributed by atoms with Crippen molar-refractivity contribution in [2.24, 2.45) is 0 Å². The van der Waals surface area contributed by atoms with Crippen LogP contribution in [0.4, 0.5) is 0 Å². The lowest BCUT2D eigenvalue weighted by atomic mass is 10.0. The Morgan fingerprint density at radius 3 is 2.13 bits per heavy atom. The number of rotatable bonds is 3. The molecule has 6 aromatic carbocycles. The zero-order valence-corrected chi connectivity index (χ0v) is 20.6. The van der Waals surface area contributed by atoms with Crippen molar-refractivity contribution in [3.05, 3.63) is 133 Å². The van der Waals surface area contributed by atoms with E-state index in [9.17, 15) is 0 Å². The molecule has 0 amide bonds. The van der Waals surface area contributed by atoms with E-state index in [0.717, 1.165) is 33.6 Å². The zero-order chi connectivity index (χ0) is 25.1. The van der Waals surface area contributed by atoms with Gasteiger partial charge in [-0.3, -0.25) is 4.57 Å². The summed E-state index contributed by atoms with van der Waals surface area (Å²) in [7, 11) is 0. The molecule has 0 saturated heterocycles. The SMILES string of the molecule is c1ccc(-n2c(-c3ccc(-c4ccc5c(c4)[nH]c4c6ccccc6ccc54)cc3)nc3ccccc32)cc1. The minimum absolute atomic E-state index is 0.946. The number of hydrogen-bond donors (Lipinski definition) is 1. The van der Waals surface area contributed by atoms with Gasteiger partial charge in [0.15, 0.2) is 0 Å². The van der Waals surface area contributed by atoms with E-state index < -0.39 is 0 Å². The van der Waals surface area contributed by atoms with E-state index in [-0.39, 0.29) is 0 Å². The van der Waals surface area contributed by atoms with Gasteiger partial charge >= 0.3 is 0 Å². The number of aromatic nitrogens is 3. The molecule has 0 saturated carbocycles. The fourth-order valence-electron chi connectivity index (χ4n) is 5.70. The Labute approximate surface area is 219 Å². The molecule has 3 heteroatoms. The van der Waals surface area contributed by atoms with Crippen molar-refractivity contribution >= 4 is 43.6 Å². The average molecular weight is 486 g/mol. The van der Waals surface area contributed by atoms with E-state index >= 15 is 0 Å². The zero-order valence-electron chi connectivity index (χ0n) is 20.6. The van der Waals surface area contributed by atoms with Gasteiger partial charge in [-0.05, 0) is 46.8 Å². The van der Waals surface area contributed by atoms with Crippen LogP contribution in [0.2, 0.25) is 0 Å². The molecule has 0 radical (unpaired) electrons. The number of imidazole rings is 1. The number of benzene rings is 6. The van der Waals surface area contributed by atoms with Crippen LogP contribution < -0.4 is 0 Å². The number of hydrogen-bond acceptors (Lipinski definition) is 1. The lowest BCUT2D eigenvalue weighted by molar-refractivity contribution is 1.10. The molecule has 178 valence electrons. The van der Waals surface area contributed by atoms with Gasteiger partial charge in [-0.2, -0.15) is 0 Å². The highest BCUT2D eigenvalue weighted by Crippen LogP contribution is 2.35. The number of nitrogens with one attached hydrogen (secondary N) is 1. The molecule has 8 aromatic rings. The second kappa shape index (κ2) is 8.19. The third-order valence-electron chi connectivity index (χ3n) is 7.55. The maximum atomic E-state index is 5.01. The molecule has 1 N–H and O–H groups in total. The predicted octanol–water partition coefficient (Wildman–Crippen LogP) is 9.15. The molecule has 0 unspecified atom stereocenters. The summed E-state index contributed by atoms with van der Waals surface area (Å²) >= 11 is 0. The van der Waals surface area contributed by atoms with Crippen LogP contribution in [0.3, 0.4) is 0 Å². The first-order valence-corrected chi connectivity index (χ1v) is 12.9. The van der Waals surface area contributed by atoms with E-state index in [1.165, 1.54) is 38.2 Å². The van der Waals surface area contributed by atoms with Crippen LogP contribution in [0, 0.1) is 0 Å². The van der Waals surface area contributed by atoms with E-state index in [4.69, 9.17) is 4.98 Å². The molecular weight excluding hydrogens is 462 g/mol. The standard InChI is InChI=1S/C35H23N3/c1-2-9-27(10-3-1)38-33-13-7-6-12-31(33)37-35(38)25-16-14-23(15-17-25)26-19-20-29-30-21-18-24-8-4-5-11-28(24)34(30)36-32(29)22-26/h1-22,36H. The van der Waals surface area contributed by atoms with Gasteiger partial charge in [0.1, 0.15) is 5.82 Å². The molecule has 0 aliphatic heterocycles. The first-order chi connectivity index (χ1) is 18.8. The maximum Gasteiger partial charge on any atom is 0.145 e. The number of para-hydroxylation sites is 3. The molecule has 0 aliphatic carbocycles. The number of nitrogens with zero attached hydrogens (tertiary/aromatic N) is 2. The second-order valence-electron chi connectivity index (χ2n) is 9.77. The van der Waals surface area contributed by atoms with Crippen molar-refractivity contribution in [3.63, 3.8) is 0 Å². The first kappa shape index (κ1) is 21.0. The van der Waals surface area contributed by atoms with Gasteiger partial charge in [-0.1, -0.05) is 103 Å². The second-order valence-corrected chi connectivity index (χ2v) is 9.77. The molecule has 3 nitrogen and oxygen atoms in total. The molecule has 0 fully saturated rings. The Bertz CT molecular complexity index is 2110. The first-order valence-electron chi connectivity index (χ1n) is 12.9. The van der Waals surface area contributed by atoms with Gasteiger partial charge in [0.2, 0.25) is 0 Å². The summed E-state index contributed by atoms with van der Waals surface area (Å²) < 4.78 is 2.24. The summed E-state index contributed by atoms with van der Waals surface area (Å²) in [5.41, 5.74) is 9.03. The lowest BCUT2D eigenvalue weighted by Crippen LogP contribution is -1.97. The van der Waals surface area contributed by atoms with Gasteiger partial charge in [0, 0.05) is 32.9 Å². The normalized spacial score (nSPS) is 11.7. The van der Waals surface area contributed by atoms with Crippen molar-refractivity contribution < 1.29 is 0 Å². The summed E-state index contributed by atoms with van der Waals surface area (Å²) in [4.78, 5) is 8.71. The summed E-state index contributed by atoms with van der Waals surface area (Å²) in [5.74, 6) is 0.946.